The molecule has 0 aliphatic rings. The van der Waals surface area contributed by atoms with Gasteiger partial charge in [0.1, 0.15) is 12.4 Å². The molecule has 3 rings (SSSR count). The zero-order chi connectivity index (χ0) is 19.1. The molecule has 138 valence electrons. The van der Waals surface area contributed by atoms with Crippen molar-refractivity contribution in [2.24, 2.45) is 5.10 Å². The van der Waals surface area contributed by atoms with Crippen LogP contribution < -0.4 is 10.2 Å². The Morgan fingerprint density at radius 3 is 2.41 bits per heavy atom. The Bertz CT molecular complexity index is 909. The highest BCUT2D eigenvalue weighted by Crippen LogP contribution is 2.23. The van der Waals surface area contributed by atoms with Crippen molar-refractivity contribution in [3.63, 3.8) is 0 Å². The Hall–Kier alpha value is -1.76. The molecule has 0 aliphatic heterocycles. The first-order valence-electron chi connectivity index (χ1n) is 8.28. The Morgan fingerprint density at radius 1 is 0.963 bits per heavy atom. The van der Waals surface area contributed by atoms with E-state index < -0.39 is 0 Å². The van der Waals surface area contributed by atoms with E-state index in [0.29, 0.717) is 23.2 Å². The summed E-state index contributed by atoms with van der Waals surface area (Å²) in [4.78, 5) is 0. The van der Waals surface area contributed by atoms with Crippen LogP contribution in [0.1, 0.15) is 16.7 Å². The number of hydrogen-bond donors (Lipinski definition) is 1. The molecule has 0 aromatic heterocycles. The van der Waals surface area contributed by atoms with Crippen LogP contribution in [0.4, 0.5) is 0 Å². The zero-order valence-corrected chi connectivity index (χ0v) is 18.0. The normalized spacial score (nSPS) is 10.9. The van der Waals surface area contributed by atoms with Crippen molar-refractivity contribution in [3.05, 3.63) is 97.0 Å². The van der Waals surface area contributed by atoms with E-state index in [2.05, 4.69) is 57.4 Å². The fourth-order valence-corrected chi connectivity index (χ4v) is 3.27. The van der Waals surface area contributed by atoms with Crippen LogP contribution in [0.5, 0.6) is 5.75 Å². The van der Waals surface area contributed by atoms with Crippen molar-refractivity contribution in [1.82, 2.24) is 5.43 Å². The third-order valence-corrected chi connectivity index (χ3v) is 5.23. The van der Waals surface area contributed by atoms with E-state index in [1.54, 1.807) is 6.21 Å². The molecule has 0 atom stereocenters. The summed E-state index contributed by atoms with van der Waals surface area (Å²) < 4.78 is 7.07. The standard InChI is InChI=1S/C21H17Cl2IN2O/c22-20-5-2-6-21(23)19(20)13-26-25-12-16-3-1-4-18(11-16)27-14-15-7-9-17(24)10-8-15/h1-12,26H,13-14H2/b25-12+. The van der Waals surface area contributed by atoms with Gasteiger partial charge in [-0.05, 0) is 70.1 Å². The highest BCUT2D eigenvalue weighted by Gasteiger charge is 2.03. The largest absolute Gasteiger partial charge is 0.489 e. The summed E-state index contributed by atoms with van der Waals surface area (Å²) in [5.41, 5.74) is 5.87. The minimum Gasteiger partial charge on any atom is -0.489 e. The number of benzene rings is 3. The number of rotatable bonds is 7. The molecular formula is C21H17Cl2IN2O. The van der Waals surface area contributed by atoms with Gasteiger partial charge in [-0.3, -0.25) is 0 Å². The van der Waals surface area contributed by atoms with Crippen molar-refractivity contribution in [2.75, 3.05) is 0 Å². The quantitative estimate of drug-likeness (QED) is 0.230. The summed E-state index contributed by atoms with van der Waals surface area (Å²) in [5, 5.41) is 5.48. The average Bonchev–Trinajstić information content (AvgIpc) is 2.67. The van der Waals surface area contributed by atoms with E-state index in [1.165, 1.54) is 3.57 Å². The highest BCUT2D eigenvalue weighted by molar-refractivity contribution is 14.1. The third-order valence-electron chi connectivity index (χ3n) is 3.80. The molecule has 0 aliphatic carbocycles. The SMILES string of the molecule is Clc1cccc(Cl)c1CN/N=C/c1cccc(OCc2ccc(I)cc2)c1. The van der Waals surface area contributed by atoms with E-state index in [0.717, 1.165) is 22.4 Å². The smallest absolute Gasteiger partial charge is 0.120 e. The van der Waals surface area contributed by atoms with E-state index in [4.69, 9.17) is 27.9 Å². The van der Waals surface area contributed by atoms with Crippen LogP contribution in [0, 0.1) is 3.57 Å². The highest BCUT2D eigenvalue weighted by atomic mass is 127. The molecule has 6 heteroatoms. The maximum Gasteiger partial charge on any atom is 0.120 e. The molecule has 0 saturated carbocycles. The predicted molar refractivity (Wildman–Crippen MR) is 121 cm³/mol. The second kappa shape index (κ2) is 9.97. The zero-order valence-electron chi connectivity index (χ0n) is 14.3. The van der Waals surface area contributed by atoms with Crippen LogP contribution in [-0.4, -0.2) is 6.21 Å². The molecule has 0 fully saturated rings. The Labute approximate surface area is 182 Å². The van der Waals surface area contributed by atoms with Gasteiger partial charge in [-0.1, -0.05) is 53.5 Å². The number of nitrogens with one attached hydrogen (secondary N) is 1. The van der Waals surface area contributed by atoms with Crippen LogP contribution >= 0.6 is 45.8 Å². The molecular weight excluding hydrogens is 494 g/mol. The summed E-state index contributed by atoms with van der Waals surface area (Å²) >= 11 is 14.6. The number of nitrogens with zero attached hydrogens (tertiary/aromatic N) is 1. The van der Waals surface area contributed by atoms with Gasteiger partial charge >= 0.3 is 0 Å². The lowest BCUT2D eigenvalue weighted by molar-refractivity contribution is 0.306. The van der Waals surface area contributed by atoms with Gasteiger partial charge in [0, 0.05) is 19.2 Å². The molecule has 3 nitrogen and oxygen atoms in total. The summed E-state index contributed by atoms with van der Waals surface area (Å²) in [6, 6.07) is 21.5. The maximum atomic E-state index is 6.15. The second-order valence-corrected chi connectivity index (χ2v) is 7.84. The molecule has 1 N–H and O–H groups in total. The molecule has 0 bridgehead atoms. The lowest BCUT2D eigenvalue weighted by Gasteiger charge is -2.07. The number of ether oxygens (including phenoxy) is 1. The Balaban J connectivity index is 1.55. The van der Waals surface area contributed by atoms with Crippen molar-refractivity contribution in [1.29, 1.82) is 0 Å². The first-order chi connectivity index (χ1) is 13.1. The second-order valence-electron chi connectivity index (χ2n) is 5.78. The fraction of sp³-hybridized carbons (Fsp3) is 0.0952. The Kier molecular flexibility index (Phi) is 7.38. The van der Waals surface area contributed by atoms with Gasteiger partial charge in [0.05, 0.1) is 12.8 Å². The van der Waals surface area contributed by atoms with E-state index >= 15 is 0 Å². The number of halogens is 3. The van der Waals surface area contributed by atoms with Gasteiger partial charge in [-0.2, -0.15) is 5.10 Å². The van der Waals surface area contributed by atoms with Crippen molar-refractivity contribution in [3.8, 4) is 5.75 Å². The fourth-order valence-electron chi connectivity index (χ4n) is 2.38. The third kappa shape index (κ3) is 6.13. The van der Waals surface area contributed by atoms with Gasteiger partial charge < -0.3 is 10.2 Å². The monoisotopic (exact) mass is 510 g/mol. The van der Waals surface area contributed by atoms with Crippen LogP contribution in [0.2, 0.25) is 10.0 Å². The van der Waals surface area contributed by atoms with Crippen LogP contribution in [0.3, 0.4) is 0 Å². The van der Waals surface area contributed by atoms with Gasteiger partial charge in [0.2, 0.25) is 0 Å². The van der Waals surface area contributed by atoms with Crippen LogP contribution in [0.25, 0.3) is 0 Å². The summed E-state index contributed by atoms with van der Waals surface area (Å²) in [5.74, 6) is 0.798. The van der Waals surface area contributed by atoms with Gasteiger partial charge in [0.15, 0.2) is 0 Å². The van der Waals surface area contributed by atoms with Crippen molar-refractivity contribution >= 4 is 52.0 Å². The first-order valence-corrected chi connectivity index (χ1v) is 10.1. The van der Waals surface area contributed by atoms with Crippen LogP contribution in [-0.2, 0) is 13.2 Å². The summed E-state index contributed by atoms with van der Waals surface area (Å²) in [6.45, 7) is 0.985. The maximum absolute atomic E-state index is 6.15. The topological polar surface area (TPSA) is 33.6 Å². The minimum atomic E-state index is 0.456. The molecule has 27 heavy (non-hydrogen) atoms. The first kappa shape index (κ1) is 20.0. The van der Waals surface area contributed by atoms with Crippen LogP contribution in [0.15, 0.2) is 71.8 Å². The molecule has 0 radical (unpaired) electrons. The summed E-state index contributed by atoms with van der Waals surface area (Å²) in [7, 11) is 0. The van der Waals surface area contributed by atoms with E-state index in [9.17, 15) is 0 Å². The van der Waals surface area contributed by atoms with Gasteiger partial charge in [-0.25, -0.2) is 0 Å². The van der Waals surface area contributed by atoms with Gasteiger partial charge in [0.25, 0.3) is 0 Å². The van der Waals surface area contributed by atoms with E-state index in [1.807, 2.05) is 42.5 Å². The number of hydrazone groups is 1. The Morgan fingerprint density at radius 2 is 1.67 bits per heavy atom. The summed E-state index contributed by atoms with van der Waals surface area (Å²) in [6.07, 6.45) is 1.74. The number of hydrogen-bond acceptors (Lipinski definition) is 3. The molecule has 0 saturated heterocycles. The molecule has 0 heterocycles. The minimum absolute atomic E-state index is 0.456. The van der Waals surface area contributed by atoms with Crippen molar-refractivity contribution < 1.29 is 4.74 Å². The molecule has 0 amide bonds. The lowest BCUT2D eigenvalue weighted by Crippen LogP contribution is -2.06. The molecule has 3 aromatic carbocycles. The molecule has 0 unspecified atom stereocenters. The van der Waals surface area contributed by atoms with Gasteiger partial charge in [-0.15, -0.1) is 0 Å². The van der Waals surface area contributed by atoms with E-state index in [-0.39, 0.29) is 0 Å². The lowest BCUT2D eigenvalue weighted by atomic mass is 10.2. The van der Waals surface area contributed by atoms with Crippen molar-refractivity contribution in [2.45, 2.75) is 13.2 Å². The molecule has 0 spiro atoms. The average molecular weight is 511 g/mol. The predicted octanol–water partition coefficient (Wildman–Crippen LogP) is 6.30. The molecule has 3 aromatic rings.